The summed E-state index contributed by atoms with van der Waals surface area (Å²) in [6.45, 7) is 6.67. The van der Waals surface area contributed by atoms with Crippen molar-refractivity contribution in [2.45, 2.75) is 71.9 Å². The van der Waals surface area contributed by atoms with Crippen molar-refractivity contribution in [2.75, 3.05) is 11.1 Å². The number of unbranched alkanes of at least 4 members (excludes halogenated alkanes) is 3. The van der Waals surface area contributed by atoms with Crippen LogP contribution in [0, 0.1) is 0 Å². The van der Waals surface area contributed by atoms with Crippen LogP contribution < -0.4 is 22.3 Å². The van der Waals surface area contributed by atoms with E-state index in [1.807, 2.05) is 13.8 Å². The van der Waals surface area contributed by atoms with E-state index in [-0.39, 0.29) is 11.9 Å². The number of aromatic nitrogens is 2. The van der Waals surface area contributed by atoms with Crippen molar-refractivity contribution in [2.24, 2.45) is 0 Å². The first-order chi connectivity index (χ1) is 10.0. The number of rotatable bonds is 9. The van der Waals surface area contributed by atoms with E-state index >= 15 is 0 Å². The summed E-state index contributed by atoms with van der Waals surface area (Å²) in [6, 6.07) is 0.151. The smallest absolute Gasteiger partial charge is 0.330 e. The van der Waals surface area contributed by atoms with Crippen molar-refractivity contribution < 1.29 is 0 Å². The van der Waals surface area contributed by atoms with E-state index in [4.69, 9.17) is 5.73 Å². The van der Waals surface area contributed by atoms with E-state index in [9.17, 15) is 9.59 Å². The fourth-order valence-electron chi connectivity index (χ4n) is 2.37. The van der Waals surface area contributed by atoms with Crippen LogP contribution in [0.1, 0.15) is 59.3 Å². The van der Waals surface area contributed by atoms with Gasteiger partial charge in [-0.2, -0.15) is 0 Å². The number of aromatic amines is 1. The van der Waals surface area contributed by atoms with Gasteiger partial charge in [0.25, 0.3) is 5.56 Å². The first kappa shape index (κ1) is 17.3. The summed E-state index contributed by atoms with van der Waals surface area (Å²) >= 11 is 0. The first-order valence-electron chi connectivity index (χ1n) is 7.90. The minimum absolute atomic E-state index is 0.151. The molecule has 0 saturated heterocycles. The minimum Gasteiger partial charge on any atom is -0.383 e. The molecule has 21 heavy (non-hydrogen) atoms. The average molecular weight is 296 g/mol. The number of anilines is 2. The van der Waals surface area contributed by atoms with E-state index in [0.717, 1.165) is 19.3 Å². The molecule has 4 N–H and O–H groups in total. The van der Waals surface area contributed by atoms with Crippen LogP contribution in [0.2, 0.25) is 0 Å². The Morgan fingerprint density at radius 3 is 2.52 bits per heavy atom. The molecule has 0 aliphatic carbocycles. The molecule has 0 saturated carbocycles. The van der Waals surface area contributed by atoms with Gasteiger partial charge < -0.3 is 11.1 Å². The highest BCUT2D eigenvalue weighted by atomic mass is 16.2. The molecule has 1 atom stereocenters. The number of nitrogens with one attached hydrogen (secondary N) is 2. The van der Waals surface area contributed by atoms with Gasteiger partial charge in [0.2, 0.25) is 0 Å². The fraction of sp³-hybridized carbons (Fsp3) is 0.733. The molecule has 0 amide bonds. The van der Waals surface area contributed by atoms with Gasteiger partial charge in [-0.1, -0.05) is 39.5 Å². The van der Waals surface area contributed by atoms with Gasteiger partial charge in [-0.15, -0.1) is 0 Å². The molecule has 120 valence electrons. The Balaban J connectivity index is 2.80. The van der Waals surface area contributed by atoms with E-state index in [0.29, 0.717) is 12.2 Å². The molecular formula is C15H28N4O2. The normalized spacial score (nSPS) is 12.3. The molecule has 1 heterocycles. The Labute approximate surface area is 125 Å². The van der Waals surface area contributed by atoms with Crippen molar-refractivity contribution in [3.63, 3.8) is 0 Å². The average Bonchev–Trinajstić information content (AvgIpc) is 2.44. The molecule has 1 unspecified atom stereocenters. The first-order valence-corrected chi connectivity index (χ1v) is 7.90. The molecule has 1 aromatic heterocycles. The van der Waals surface area contributed by atoms with Crippen molar-refractivity contribution >= 4 is 11.5 Å². The maximum Gasteiger partial charge on any atom is 0.330 e. The third kappa shape index (κ3) is 4.95. The second-order valence-corrected chi connectivity index (χ2v) is 5.57. The highest BCUT2D eigenvalue weighted by molar-refractivity contribution is 5.60. The molecule has 0 spiro atoms. The lowest BCUT2D eigenvalue weighted by molar-refractivity contribution is 0.591. The Morgan fingerprint density at radius 2 is 1.90 bits per heavy atom. The van der Waals surface area contributed by atoms with Crippen molar-refractivity contribution in [1.29, 1.82) is 0 Å². The summed E-state index contributed by atoms with van der Waals surface area (Å²) in [6.07, 6.45) is 6.51. The number of nitrogens with zero attached hydrogens (tertiary/aromatic N) is 1. The summed E-state index contributed by atoms with van der Waals surface area (Å²) < 4.78 is 1.41. The zero-order valence-electron chi connectivity index (χ0n) is 13.4. The Hall–Kier alpha value is -1.72. The fourth-order valence-corrected chi connectivity index (χ4v) is 2.37. The monoisotopic (exact) mass is 296 g/mol. The molecule has 0 aliphatic rings. The highest BCUT2D eigenvalue weighted by Gasteiger charge is 2.13. The lowest BCUT2D eigenvalue weighted by atomic mass is 10.1. The van der Waals surface area contributed by atoms with Crippen LogP contribution in [0.3, 0.4) is 0 Å². The Bertz CT molecular complexity index is 548. The van der Waals surface area contributed by atoms with Gasteiger partial charge in [0.1, 0.15) is 11.5 Å². The summed E-state index contributed by atoms with van der Waals surface area (Å²) in [4.78, 5) is 26.0. The lowest BCUT2D eigenvalue weighted by Gasteiger charge is -2.18. The maximum absolute atomic E-state index is 11.9. The molecule has 6 nitrogen and oxygen atoms in total. The Morgan fingerprint density at radius 1 is 1.19 bits per heavy atom. The standard InChI is InChI=1S/C15H28N4O2/c1-4-6-7-8-9-11(3)17-12-13(16)19(10-5-2)15(21)18-14(12)20/h11,17H,4-10,16H2,1-3H3,(H,18,20,21). The van der Waals surface area contributed by atoms with Crippen LogP contribution in [-0.4, -0.2) is 15.6 Å². The van der Waals surface area contributed by atoms with Crippen molar-refractivity contribution in [1.82, 2.24) is 9.55 Å². The zero-order chi connectivity index (χ0) is 15.8. The summed E-state index contributed by atoms with van der Waals surface area (Å²) in [5.74, 6) is 0.228. The quantitative estimate of drug-likeness (QED) is 0.610. The number of nitrogen functional groups attached to an aromatic ring is 1. The summed E-state index contributed by atoms with van der Waals surface area (Å²) in [5, 5.41) is 3.15. The van der Waals surface area contributed by atoms with Crippen molar-refractivity contribution in [3.8, 4) is 0 Å². The third-order valence-corrected chi connectivity index (χ3v) is 3.57. The number of hydrogen-bond donors (Lipinski definition) is 3. The molecule has 1 rings (SSSR count). The van der Waals surface area contributed by atoms with Gasteiger partial charge in [-0.05, 0) is 19.8 Å². The predicted octanol–water partition coefficient (Wildman–Crippen LogP) is 2.30. The van der Waals surface area contributed by atoms with E-state index < -0.39 is 11.2 Å². The molecular weight excluding hydrogens is 268 g/mol. The summed E-state index contributed by atoms with van der Waals surface area (Å²) in [5.41, 5.74) is 5.40. The van der Waals surface area contributed by atoms with E-state index in [2.05, 4.69) is 17.2 Å². The van der Waals surface area contributed by atoms with Crippen LogP contribution in [0.5, 0.6) is 0 Å². The third-order valence-electron chi connectivity index (χ3n) is 3.57. The van der Waals surface area contributed by atoms with Gasteiger partial charge in [-0.25, -0.2) is 4.79 Å². The molecule has 1 aromatic rings. The zero-order valence-corrected chi connectivity index (χ0v) is 13.4. The van der Waals surface area contributed by atoms with Gasteiger partial charge in [0, 0.05) is 12.6 Å². The molecule has 0 radical (unpaired) electrons. The maximum atomic E-state index is 11.9. The van der Waals surface area contributed by atoms with Crippen LogP contribution >= 0.6 is 0 Å². The molecule has 0 aliphatic heterocycles. The van der Waals surface area contributed by atoms with Crippen LogP contribution in [-0.2, 0) is 6.54 Å². The predicted molar refractivity (Wildman–Crippen MR) is 87.9 cm³/mol. The topological polar surface area (TPSA) is 92.9 Å². The van der Waals surface area contributed by atoms with E-state index in [1.165, 1.54) is 23.8 Å². The van der Waals surface area contributed by atoms with Crippen LogP contribution in [0.4, 0.5) is 11.5 Å². The second-order valence-electron chi connectivity index (χ2n) is 5.57. The van der Waals surface area contributed by atoms with Gasteiger partial charge in [0.15, 0.2) is 0 Å². The molecule has 0 bridgehead atoms. The lowest BCUT2D eigenvalue weighted by Crippen LogP contribution is -2.35. The number of hydrogen-bond acceptors (Lipinski definition) is 4. The number of nitrogens with two attached hydrogens (primary N) is 1. The number of H-pyrrole nitrogens is 1. The molecule has 0 aromatic carbocycles. The van der Waals surface area contributed by atoms with Crippen LogP contribution in [0.15, 0.2) is 9.59 Å². The summed E-state index contributed by atoms with van der Waals surface area (Å²) in [7, 11) is 0. The van der Waals surface area contributed by atoms with Gasteiger partial charge in [-0.3, -0.25) is 14.3 Å². The molecule has 0 fully saturated rings. The van der Waals surface area contributed by atoms with Crippen molar-refractivity contribution in [3.05, 3.63) is 20.8 Å². The van der Waals surface area contributed by atoms with E-state index in [1.54, 1.807) is 0 Å². The Kier molecular flexibility index (Phi) is 7.05. The van der Waals surface area contributed by atoms with Gasteiger partial charge in [0.05, 0.1) is 0 Å². The van der Waals surface area contributed by atoms with Gasteiger partial charge >= 0.3 is 5.69 Å². The largest absolute Gasteiger partial charge is 0.383 e. The molecule has 6 heteroatoms. The van der Waals surface area contributed by atoms with Crippen LogP contribution in [0.25, 0.3) is 0 Å². The SMILES string of the molecule is CCCCCCC(C)Nc1c(N)n(CCC)c(=O)[nH]c1=O. The second kappa shape index (κ2) is 8.54. The highest BCUT2D eigenvalue weighted by Crippen LogP contribution is 2.14. The minimum atomic E-state index is -0.444.